The molecule has 1 fully saturated rings. The van der Waals surface area contributed by atoms with Crippen molar-refractivity contribution >= 4 is 17.0 Å². The minimum absolute atomic E-state index is 0.111. The van der Waals surface area contributed by atoms with E-state index in [9.17, 15) is 15.3 Å². The first-order valence-corrected chi connectivity index (χ1v) is 10.9. The minimum Gasteiger partial charge on any atom is -0.481 e. The second-order valence-corrected chi connectivity index (χ2v) is 7.97. The monoisotopic (exact) mass is 473 g/mol. The van der Waals surface area contributed by atoms with E-state index in [4.69, 9.17) is 15.2 Å². The summed E-state index contributed by atoms with van der Waals surface area (Å²) in [5, 5.41) is 29.7. The molecule has 0 saturated carbocycles. The molecule has 3 heterocycles. The predicted octanol–water partition coefficient (Wildman–Crippen LogP) is 1.12. The Balaban J connectivity index is 1.30. The fraction of sp³-hybridized carbons (Fsp3) is 0.240. The van der Waals surface area contributed by atoms with E-state index in [1.807, 2.05) is 54.6 Å². The molecule has 5 rings (SSSR count). The topological polar surface area (TPSA) is 149 Å². The highest BCUT2D eigenvalue weighted by molar-refractivity contribution is 5.82. The maximum atomic E-state index is 10.3. The van der Waals surface area contributed by atoms with Crippen molar-refractivity contribution in [3.8, 4) is 28.7 Å². The summed E-state index contributed by atoms with van der Waals surface area (Å²) >= 11 is 0. The van der Waals surface area contributed by atoms with Gasteiger partial charge < -0.3 is 30.5 Å². The van der Waals surface area contributed by atoms with Crippen molar-refractivity contribution in [2.24, 2.45) is 0 Å². The number of hydrogen-bond donors (Lipinski definition) is 4. The molecule has 10 heteroatoms. The highest BCUT2D eigenvalue weighted by Crippen LogP contribution is 2.32. The van der Waals surface area contributed by atoms with Crippen molar-refractivity contribution in [1.82, 2.24) is 19.5 Å². The number of nitrogens with zero attached hydrogens (tertiary/aromatic N) is 4. The number of aliphatic hydroxyl groups excluding tert-OH is 3. The Kier molecular flexibility index (Phi) is 6.31. The molecule has 4 unspecified atom stereocenters. The normalized spacial score (nSPS) is 21.6. The zero-order valence-electron chi connectivity index (χ0n) is 18.5. The highest BCUT2D eigenvalue weighted by atomic mass is 16.6. The Morgan fingerprint density at radius 1 is 1.00 bits per heavy atom. The van der Waals surface area contributed by atoms with Gasteiger partial charge in [0.15, 0.2) is 17.7 Å². The van der Waals surface area contributed by atoms with E-state index in [2.05, 4.69) is 26.8 Å². The minimum atomic E-state index is -1.28. The Hall–Kier alpha value is -4.01. The van der Waals surface area contributed by atoms with Crippen LogP contribution in [0.1, 0.15) is 12.1 Å². The number of nitrogens with two attached hydrogens (primary N) is 1. The molecular weight excluding hydrogens is 450 g/mol. The molecule has 5 N–H and O–H groups in total. The number of anilines is 1. The average molecular weight is 473 g/mol. The number of ether oxygens (including phenoxy) is 2. The third-order valence-corrected chi connectivity index (χ3v) is 5.71. The van der Waals surface area contributed by atoms with Gasteiger partial charge in [0, 0.05) is 0 Å². The molecule has 178 valence electrons. The van der Waals surface area contributed by atoms with Crippen LogP contribution in [0.2, 0.25) is 0 Å². The van der Waals surface area contributed by atoms with Crippen molar-refractivity contribution in [3.63, 3.8) is 0 Å². The van der Waals surface area contributed by atoms with Crippen LogP contribution < -0.4 is 10.5 Å². The lowest BCUT2D eigenvalue weighted by atomic mass is 10.1. The lowest BCUT2D eigenvalue weighted by Gasteiger charge is -2.16. The molecule has 0 spiro atoms. The standard InChI is InChI=1S/C25H23N5O5/c26-23-20-24(30(14-27-20)25-22(33)21(32)18(13-31)35-25)29-19(28-23)7-4-12-34-17-10-8-16(9-11-17)15-5-2-1-3-6-15/h1-3,5-6,8-11,14,18,21-22,25,31-33H,12-13H2,(H2,26,28,29). The van der Waals surface area contributed by atoms with Crippen LogP contribution in [0.3, 0.4) is 0 Å². The van der Waals surface area contributed by atoms with Crippen molar-refractivity contribution in [2.45, 2.75) is 24.5 Å². The van der Waals surface area contributed by atoms with Gasteiger partial charge in [0.2, 0.25) is 5.82 Å². The fourth-order valence-electron chi connectivity index (χ4n) is 3.90. The van der Waals surface area contributed by atoms with E-state index < -0.39 is 31.1 Å². The lowest BCUT2D eigenvalue weighted by molar-refractivity contribution is -0.0511. The summed E-state index contributed by atoms with van der Waals surface area (Å²) in [6.45, 7) is -0.329. The van der Waals surface area contributed by atoms with Crippen molar-refractivity contribution in [2.75, 3.05) is 18.9 Å². The van der Waals surface area contributed by atoms with Gasteiger partial charge in [0.05, 0.1) is 12.9 Å². The summed E-state index contributed by atoms with van der Waals surface area (Å²) in [5.41, 5.74) is 8.83. The van der Waals surface area contributed by atoms with Crippen LogP contribution in [0.25, 0.3) is 22.3 Å². The molecule has 0 radical (unpaired) electrons. The SMILES string of the molecule is Nc1nc(C#CCOc2ccc(-c3ccccc3)cc2)nc2c1ncn2C1OC(CO)C(O)C1O. The van der Waals surface area contributed by atoms with Crippen LogP contribution in [0, 0.1) is 11.8 Å². The smallest absolute Gasteiger partial charge is 0.209 e. The zero-order chi connectivity index (χ0) is 24.4. The molecule has 0 aliphatic carbocycles. The van der Waals surface area contributed by atoms with Gasteiger partial charge in [-0.05, 0) is 29.2 Å². The molecule has 0 amide bonds. The van der Waals surface area contributed by atoms with Gasteiger partial charge in [-0.25, -0.2) is 15.0 Å². The maximum absolute atomic E-state index is 10.3. The van der Waals surface area contributed by atoms with Crippen LogP contribution in [-0.4, -0.2) is 66.4 Å². The molecule has 2 aromatic carbocycles. The van der Waals surface area contributed by atoms with Crippen LogP contribution >= 0.6 is 0 Å². The summed E-state index contributed by atoms with van der Waals surface area (Å²) in [6.07, 6.45) is -3.07. The number of hydrogen-bond acceptors (Lipinski definition) is 9. The Labute approximate surface area is 200 Å². The van der Waals surface area contributed by atoms with Gasteiger partial charge in [0.25, 0.3) is 0 Å². The summed E-state index contributed by atoms with van der Waals surface area (Å²) in [7, 11) is 0. The number of aromatic nitrogens is 4. The fourth-order valence-corrected chi connectivity index (χ4v) is 3.90. The molecule has 0 bridgehead atoms. The first kappa shape index (κ1) is 22.8. The molecule has 2 aromatic heterocycles. The molecule has 1 aliphatic heterocycles. The average Bonchev–Trinajstić information content (AvgIpc) is 3.43. The predicted molar refractivity (Wildman–Crippen MR) is 127 cm³/mol. The van der Waals surface area contributed by atoms with Crippen LogP contribution in [0.15, 0.2) is 60.9 Å². The molecule has 1 aliphatic rings. The molecule has 4 atom stereocenters. The molecule has 35 heavy (non-hydrogen) atoms. The Morgan fingerprint density at radius 3 is 2.46 bits per heavy atom. The number of rotatable bonds is 5. The molecule has 1 saturated heterocycles. The van der Waals surface area contributed by atoms with Gasteiger partial charge in [-0.1, -0.05) is 48.4 Å². The zero-order valence-corrected chi connectivity index (χ0v) is 18.5. The van der Waals surface area contributed by atoms with Crippen LogP contribution in [-0.2, 0) is 4.74 Å². The largest absolute Gasteiger partial charge is 0.481 e. The Morgan fingerprint density at radius 2 is 1.74 bits per heavy atom. The van der Waals surface area contributed by atoms with E-state index in [1.165, 1.54) is 10.9 Å². The van der Waals surface area contributed by atoms with Crippen LogP contribution in [0.5, 0.6) is 5.75 Å². The van der Waals surface area contributed by atoms with Crippen molar-refractivity contribution < 1.29 is 24.8 Å². The first-order chi connectivity index (χ1) is 17.0. The van der Waals surface area contributed by atoms with Gasteiger partial charge in [-0.3, -0.25) is 4.57 Å². The highest BCUT2D eigenvalue weighted by Gasteiger charge is 2.44. The summed E-state index contributed by atoms with van der Waals surface area (Å²) in [5.74, 6) is 6.62. The van der Waals surface area contributed by atoms with Crippen LogP contribution in [0.4, 0.5) is 5.82 Å². The number of aliphatic hydroxyl groups is 3. The summed E-state index contributed by atoms with van der Waals surface area (Å²) in [6, 6.07) is 17.8. The Bertz CT molecular complexity index is 1380. The number of nitrogen functional groups attached to an aromatic ring is 1. The summed E-state index contributed by atoms with van der Waals surface area (Å²) in [4.78, 5) is 12.7. The van der Waals surface area contributed by atoms with Gasteiger partial charge in [0.1, 0.15) is 36.2 Å². The number of benzene rings is 2. The van der Waals surface area contributed by atoms with Gasteiger partial charge >= 0.3 is 0 Å². The molecule has 10 nitrogen and oxygen atoms in total. The molecular formula is C25H23N5O5. The number of fused-ring (bicyclic) bond motifs is 1. The van der Waals surface area contributed by atoms with Crippen molar-refractivity contribution in [3.05, 3.63) is 66.7 Å². The summed E-state index contributed by atoms with van der Waals surface area (Å²) < 4.78 is 12.7. The van der Waals surface area contributed by atoms with E-state index in [-0.39, 0.29) is 23.9 Å². The number of imidazole rings is 1. The van der Waals surface area contributed by atoms with E-state index >= 15 is 0 Å². The lowest BCUT2D eigenvalue weighted by Crippen LogP contribution is -2.33. The third kappa shape index (κ3) is 4.53. The third-order valence-electron chi connectivity index (χ3n) is 5.71. The second-order valence-electron chi connectivity index (χ2n) is 7.97. The first-order valence-electron chi connectivity index (χ1n) is 10.9. The van der Waals surface area contributed by atoms with E-state index in [1.54, 1.807) is 0 Å². The maximum Gasteiger partial charge on any atom is 0.209 e. The van der Waals surface area contributed by atoms with Gasteiger partial charge in [-0.2, -0.15) is 0 Å². The van der Waals surface area contributed by atoms with Crippen molar-refractivity contribution in [1.29, 1.82) is 0 Å². The quantitative estimate of drug-likeness (QED) is 0.313. The van der Waals surface area contributed by atoms with E-state index in [0.29, 0.717) is 11.3 Å². The van der Waals surface area contributed by atoms with Gasteiger partial charge in [-0.15, -0.1) is 0 Å². The van der Waals surface area contributed by atoms with E-state index in [0.717, 1.165) is 11.1 Å². The molecule has 4 aromatic rings. The second kappa shape index (κ2) is 9.69.